The second kappa shape index (κ2) is 9.75. The third kappa shape index (κ3) is 4.37. The summed E-state index contributed by atoms with van der Waals surface area (Å²) < 4.78 is 16.1. The molecule has 1 unspecified atom stereocenters. The molecule has 1 aromatic heterocycles. The molecule has 33 heavy (non-hydrogen) atoms. The van der Waals surface area contributed by atoms with Crippen LogP contribution in [0.15, 0.2) is 42.5 Å². The summed E-state index contributed by atoms with van der Waals surface area (Å²) >= 11 is 1.80. The Morgan fingerprint density at radius 2 is 1.76 bits per heavy atom. The van der Waals surface area contributed by atoms with Crippen molar-refractivity contribution in [3.63, 3.8) is 0 Å². The monoisotopic (exact) mass is 466 g/mol. The molecule has 4 rings (SSSR count). The molecule has 0 saturated carbocycles. The van der Waals surface area contributed by atoms with Gasteiger partial charge in [-0.2, -0.15) is 0 Å². The van der Waals surface area contributed by atoms with Crippen molar-refractivity contribution < 1.29 is 19.0 Å². The van der Waals surface area contributed by atoms with Gasteiger partial charge < -0.3 is 24.4 Å². The van der Waals surface area contributed by atoms with Crippen molar-refractivity contribution in [2.24, 2.45) is 0 Å². The molecule has 1 atom stereocenters. The number of urea groups is 1. The summed E-state index contributed by atoms with van der Waals surface area (Å²) in [5.41, 5.74) is 4.46. The highest BCUT2D eigenvalue weighted by atomic mass is 32.1. The first-order valence-corrected chi connectivity index (χ1v) is 11.9. The van der Waals surface area contributed by atoms with Gasteiger partial charge in [-0.1, -0.05) is 19.1 Å². The zero-order valence-corrected chi connectivity index (χ0v) is 20.5. The van der Waals surface area contributed by atoms with E-state index in [1.165, 1.54) is 20.9 Å². The number of carbonyl (C=O) groups is 1. The van der Waals surface area contributed by atoms with Crippen LogP contribution in [0.3, 0.4) is 0 Å². The third-order valence-corrected chi connectivity index (χ3v) is 7.45. The lowest BCUT2D eigenvalue weighted by Crippen LogP contribution is -2.42. The number of ether oxygens (including phenoxy) is 3. The number of fused-ring (bicyclic) bond motifs is 1. The maximum absolute atomic E-state index is 13.6. The van der Waals surface area contributed by atoms with Crippen molar-refractivity contribution in [1.29, 1.82) is 0 Å². The molecule has 2 heterocycles. The number of anilines is 1. The van der Waals surface area contributed by atoms with Gasteiger partial charge in [-0.05, 0) is 60.7 Å². The van der Waals surface area contributed by atoms with E-state index in [1.807, 2.05) is 35.2 Å². The second-order valence-corrected chi connectivity index (χ2v) is 9.20. The van der Waals surface area contributed by atoms with Gasteiger partial charge in [0.05, 0.1) is 33.1 Å². The average molecular weight is 467 g/mol. The van der Waals surface area contributed by atoms with Crippen molar-refractivity contribution in [3.8, 4) is 17.2 Å². The van der Waals surface area contributed by atoms with E-state index in [0.29, 0.717) is 23.7 Å². The first-order valence-electron chi connectivity index (χ1n) is 11.0. The molecule has 1 aliphatic rings. The molecular formula is C26H30N2O4S. The number of rotatable bonds is 6. The topological polar surface area (TPSA) is 60.0 Å². The number of carbonyl (C=O) groups excluding carboxylic acids is 1. The second-order valence-electron chi connectivity index (χ2n) is 7.95. The van der Waals surface area contributed by atoms with Gasteiger partial charge in [-0.3, -0.25) is 0 Å². The van der Waals surface area contributed by atoms with E-state index >= 15 is 0 Å². The Balaban J connectivity index is 1.73. The average Bonchev–Trinajstić information content (AvgIpc) is 3.18. The van der Waals surface area contributed by atoms with Crippen molar-refractivity contribution in [1.82, 2.24) is 4.90 Å². The maximum Gasteiger partial charge on any atom is 0.322 e. The Morgan fingerprint density at radius 3 is 2.39 bits per heavy atom. The van der Waals surface area contributed by atoms with E-state index in [1.54, 1.807) is 44.8 Å². The van der Waals surface area contributed by atoms with Crippen molar-refractivity contribution >= 4 is 23.1 Å². The number of hydrogen-bond acceptors (Lipinski definition) is 5. The fourth-order valence-electron chi connectivity index (χ4n) is 4.54. The van der Waals surface area contributed by atoms with Crippen LogP contribution in [0.5, 0.6) is 17.2 Å². The van der Waals surface area contributed by atoms with Gasteiger partial charge in [0.15, 0.2) is 0 Å². The van der Waals surface area contributed by atoms with Crippen LogP contribution >= 0.6 is 11.3 Å². The lowest BCUT2D eigenvalue weighted by molar-refractivity contribution is 0.195. The lowest BCUT2D eigenvalue weighted by Gasteiger charge is -2.36. The van der Waals surface area contributed by atoms with Crippen molar-refractivity contribution in [2.45, 2.75) is 32.7 Å². The minimum atomic E-state index is -0.169. The van der Waals surface area contributed by atoms with E-state index < -0.39 is 0 Å². The minimum absolute atomic E-state index is 0.166. The van der Waals surface area contributed by atoms with Gasteiger partial charge in [0.1, 0.15) is 17.2 Å². The molecular weight excluding hydrogens is 436 g/mol. The van der Waals surface area contributed by atoms with Crippen LogP contribution in [0.2, 0.25) is 0 Å². The zero-order valence-electron chi connectivity index (χ0n) is 19.7. The minimum Gasteiger partial charge on any atom is -0.497 e. The first-order chi connectivity index (χ1) is 16.0. The van der Waals surface area contributed by atoms with Gasteiger partial charge in [-0.25, -0.2) is 4.79 Å². The van der Waals surface area contributed by atoms with Crippen LogP contribution in [-0.4, -0.2) is 38.8 Å². The zero-order chi connectivity index (χ0) is 23.5. The lowest BCUT2D eigenvalue weighted by atomic mass is 9.92. The summed E-state index contributed by atoms with van der Waals surface area (Å²) in [4.78, 5) is 18.1. The number of hydrogen-bond donors (Lipinski definition) is 1. The van der Waals surface area contributed by atoms with E-state index in [9.17, 15) is 4.79 Å². The summed E-state index contributed by atoms with van der Waals surface area (Å²) in [6.45, 7) is 5.01. The fourth-order valence-corrected chi connectivity index (χ4v) is 5.99. The molecule has 0 bridgehead atoms. The number of amides is 2. The fraction of sp³-hybridized carbons (Fsp3) is 0.346. The van der Waals surface area contributed by atoms with E-state index in [-0.39, 0.29) is 12.1 Å². The van der Waals surface area contributed by atoms with Crippen LogP contribution in [-0.2, 0) is 12.8 Å². The van der Waals surface area contributed by atoms with Crippen LogP contribution in [0.25, 0.3) is 0 Å². The van der Waals surface area contributed by atoms with E-state index in [2.05, 4.69) is 19.2 Å². The summed E-state index contributed by atoms with van der Waals surface area (Å²) in [7, 11) is 4.85. The Bertz CT molecular complexity index is 1140. The van der Waals surface area contributed by atoms with Crippen LogP contribution in [0.1, 0.15) is 39.4 Å². The van der Waals surface area contributed by atoms with Gasteiger partial charge in [0.2, 0.25) is 0 Å². The standard InChI is InChI=1S/C26H30N2O4S/c1-6-20-16(2)33-25-21(20)13-14-28(24(25)17-7-9-18(30-3)10-8-17)26(29)27-22-15-19(31-4)11-12-23(22)32-5/h7-12,15,24H,6,13-14H2,1-5H3,(H,27,29). The predicted molar refractivity (Wildman–Crippen MR) is 132 cm³/mol. The van der Waals surface area contributed by atoms with Gasteiger partial charge in [0.25, 0.3) is 0 Å². The Kier molecular flexibility index (Phi) is 6.79. The number of nitrogens with zero attached hydrogens (tertiary/aromatic N) is 1. The number of nitrogens with one attached hydrogen (secondary N) is 1. The summed E-state index contributed by atoms with van der Waals surface area (Å²) in [5.74, 6) is 2.03. The van der Waals surface area contributed by atoms with Gasteiger partial charge in [0, 0.05) is 22.4 Å². The smallest absolute Gasteiger partial charge is 0.322 e. The molecule has 1 aliphatic heterocycles. The molecule has 3 aromatic rings. The van der Waals surface area contributed by atoms with Crippen LogP contribution < -0.4 is 19.5 Å². The SMILES string of the molecule is CCc1c(C)sc2c1CCN(C(=O)Nc1cc(OC)ccc1OC)C2c1ccc(OC)cc1. The molecule has 6 nitrogen and oxygen atoms in total. The molecule has 0 saturated heterocycles. The Labute approximate surface area is 199 Å². The number of aryl methyl sites for hydroxylation is 1. The van der Waals surface area contributed by atoms with Crippen LogP contribution in [0.4, 0.5) is 10.5 Å². The van der Waals surface area contributed by atoms with E-state index in [4.69, 9.17) is 14.2 Å². The first kappa shape index (κ1) is 23.0. The largest absolute Gasteiger partial charge is 0.497 e. The van der Waals surface area contributed by atoms with Crippen LogP contribution in [0, 0.1) is 6.92 Å². The van der Waals surface area contributed by atoms with Gasteiger partial charge >= 0.3 is 6.03 Å². The van der Waals surface area contributed by atoms with Crippen molar-refractivity contribution in [3.05, 3.63) is 68.9 Å². The number of methoxy groups -OCH3 is 3. The molecule has 1 N–H and O–H groups in total. The predicted octanol–water partition coefficient (Wildman–Crippen LogP) is 5.82. The molecule has 0 aliphatic carbocycles. The summed E-state index contributed by atoms with van der Waals surface area (Å²) in [6.07, 6.45) is 1.85. The molecule has 0 fully saturated rings. The summed E-state index contributed by atoms with van der Waals surface area (Å²) in [6, 6.07) is 13.0. The maximum atomic E-state index is 13.6. The highest BCUT2D eigenvalue weighted by Gasteiger charge is 2.35. The molecule has 0 radical (unpaired) electrons. The third-order valence-electron chi connectivity index (χ3n) is 6.21. The number of thiophene rings is 1. The quantitative estimate of drug-likeness (QED) is 0.497. The normalized spacial score (nSPS) is 15.1. The molecule has 0 spiro atoms. The van der Waals surface area contributed by atoms with Crippen molar-refractivity contribution in [2.75, 3.05) is 33.2 Å². The molecule has 2 amide bonds. The summed E-state index contributed by atoms with van der Waals surface area (Å²) in [5, 5.41) is 3.06. The highest BCUT2D eigenvalue weighted by Crippen LogP contribution is 2.43. The van der Waals surface area contributed by atoms with Gasteiger partial charge in [-0.15, -0.1) is 11.3 Å². The molecule has 174 valence electrons. The molecule has 2 aromatic carbocycles. The van der Waals surface area contributed by atoms with E-state index in [0.717, 1.165) is 24.2 Å². The molecule has 7 heteroatoms. The Morgan fingerprint density at radius 1 is 1.06 bits per heavy atom. The number of benzene rings is 2. The Hall–Kier alpha value is -3.19. The highest BCUT2D eigenvalue weighted by molar-refractivity contribution is 7.12.